The highest BCUT2D eigenvalue weighted by atomic mass is 16.3. The Balaban J connectivity index is 1.96. The Kier molecular flexibility index (Phi) is 3.64. The number of allylic oxidation sites excluding steroid dienone is 2. The largest absolute Gasteiger partial charge is 0.389 e. The highest BCUT2D eigenvalue weighted by molar-refractivity contribution is 5.18. The molecule has 0 spiro atoms. The van der Waals surface area contributed by atoms with E-state index >= 15 is 0 Å². The molecule has 6 atom stereocenters. The molecule has 118 valence electrons. The standard InChI is InChI=1S/C20H32O/c1-13(2)15-8-11-20(5)16(15)9-10-19(4)12-17(21)14(3)6-7-18(19)20/h6,15-18,21H,1,7-12H2,2-5H3. The molecule has 0 radical (unpaired) electrons. The number of aliphatic hydroxyl groups excluding tert-OH is 1. The number of aliphatic hydroxyl groups is 1. The lowest BCUT2D eigenvalue weighted by molar-refractivity contribution is -0.0603. The third kappa shape index (κ3) is 2.23. The third-order valence-corrected chi connectivity index (χ3v) is 7.48. The first-order valence-corrected chi connectivity index (χ1v) is 8.78. The van der Waals surface area contributed by atoms with E-state index in [0.717, 1.165) is 30.6 Å². The van der Waals surface area contributed by atoms with Crippen LogP contribution in [-0.4, -0.2) is 11.2 Å². The predicted octanol–water partition coefficient (Wildman–Crippen LogP) is 5.11. The van der Waals surface area contributed by atoms with E-state index in [1.807, 2.05) is 0 Å². The van der Waals surface area contributed by atoms with E-state index in [-0.39, 0.29) is 6.10 Å². The lowest BCUT2D eigenvalue weighted by Crippen LogP contribution is -2.48. The second-order valence-electron chi connectivity index (χ2n) is 8.75. The average molecular weight is 288 g/mol. The lowest BCUT2D eigenvalue weighted by Gasteiger charge is -2.55. The van der Waals surface area contributed by atoms with Crippen molar-refractivity contribution in [1.29, 1.82) is 0 Å². The summed E-state index contributed by atoms with van der Waals surface area (Å²) in [5.74, 6) is 2.27. The van der Waals surface area contributed by atoms with Crippen LogP contribution in [0.5, 0.6) is 0 Å². The molecule has 0 amide bonds. The first-order chi connectivity index (χ1) is 9.78. The summed E-state index contributed by atoms with van der Waals surface area (Å²) < 4.78 is 0. The van der Waals surface area contributed by atoms with Gasteiger partial charge in [0, 0.05) is 0 Å². The Hall–Kier alpha value is -0.560. The molecule has 0 aromatic heterocycles. The van der Waals surface area contributed by atoms with Crippen LogP contribution in [0.25, 0.3) is 0 Å². The molecule has 2 fully saturated rings. The first kappa shape index (κ1) is 15.3. The fourth-order valence-electron chi connectivity index (χ4n) is 6.16. The molecule has 3 aliphatic rings. The van der Waals surface area contributed by atoms with Gasteiger partial charge in [-0.25, -0.2) is 0 Å². The monoisotopic (exact) mass is 288 g/mol. The summed E-state index contributed by atoms with van der Waals surface area (Å²) in [4.78, 5) is 0. The van der Waals surface area contributed by atoms with E-state index in [0.29, 0.717) is 10.8 Å². The summed E-state index contributed by atoms with van der Waals surface area (Å²) in [6.45, 7) is 13.6. The van der Waals surface area contributed by atoms with Crippen molar-refractivity contribution >= 4 is 0 Å². The SMILES string of the molecule is C=C(C)C1CCC2(C)C1CCC1(C)CC(O)C(C)=CCC12. The molecule has 0 aliphatic heterocycles. The van der Waals surface area contributed by atoms with Crippen molar-refractivity contribution in [3.63, 3.8) is 0 Å². The van der Waals surface area contributed by atoms with Gasteiger partial charge >= 0.3 is 0 Å². The second-order valence-corrected chi connectivity index (χ2v) is 8.75. The Morgan fingerprint density at radius 1 is 1.29 bits per heavy atom. The van der Waals surface area contributed by atoms with Crippen molar-refractivity contribution in [2.75, 3.05) is 0 Å². The van der Waals surface area contributed by atoms with Crippen LogP contribution < -0.4 is 0 Å². The molecule has 1 heteroatoms. The molecular weight excluding hydrogens is 256 g/mol. The summed E-state index contributed by atoms with van der Waals surface area (Å²) in [5.41, 5.74) is 3.34. The summed E-state index contributed by atoms with van der Waals surface area (Å²) in [6, 6.07) is 0. The van der Waals surface area contributed by atoms with E-state index < -0.39 is 0 Å². The normalized spacial score (nSPS) is 49.9. The Morgan fingerprint density at radius 2 is 2.00 bits per heavy atom. The molecule has 3 rings (SSSR count). The van der Waals surface area contributed by atoms with Crippen LogP contribution in [0.15, 0.2) is 23.8 Å². The van der Waals surface area contributed by atoms with Crippen LogP contribution in [0.1, 0.15) is 66.2 Å². The van der Waals surface area contributed by atoms with E-state index in [4.69, 9.17) is 0 Å². The number of rotatable bonds is 1. The van der Waals surface area contributed by atoms with Gasteiger partial charge < -0.3 is 5.11 Å². The molecule has 0 aromatic rings. The van der Waals surface area contributed by atoms with Crippen LogP contribution in [0.3, 0.4) is 0 Å². The van der Waals surface area contributed by atoms with Gasteiger partial charge in [0.25, 0.3) is 0 Å². The van der Waals surface area contributed by atoms with Gasteiger partial charge in [-0.05, 0) is 86.5 Å². The van der Waals surface area contributed by atoms with Crippen molar-refractivity contribution in [2.24, 2.45) is 28.6 Å². The van der Waals surface area contributed by atoms with E-state index in [2.05, 4.69) is 40.3 Å². The molecule has 0 heterocycles. The molecular formula is C20H32O. The van der Waals surface area contributed by atoms with Crippen LogP contribution >= 0.6 is 0 Å². The van der Waals surface area contributed by atoms with Gasteiger partial charge in [-0.1, -0.05) is 32.1 Å². The molecule has 0 aromatic carbocycles. The van der Waals surface area contributed by atoms with Gasteiger partial charge in [0.15, 0.2) is 0 Å². The molecule has 6 unspecified atom stereocenters. The van der Waals surface area contributed by atoms with Gasteiger partial charge in [-0.15, -0.1) is 0 Å². The molecule has 2 saturated carbocycles. The first-order valence-electron chi connectivity index (χ1n) is 8.78. The van der Waals surface area contributed by atoms with E-state index in [9.17, 15) is 5.11 Å². The third-order valence-electron chi connectivity index (χ3n) is 7.48. The van der Waals surface area contributed by atoms with E-state index in [1.54, 1.807) is 0 Å². The maximum absolute atomic E-state index is 10.4. The van der Waals surface area contributed by atoms with Crippen LogP contribution in [0.4, 0.5) is 0 Å². The smallest absolute Gasteiger partial charge is 0.0752 e. The minimum atomic E-state index is -0.224. The van der Waals surface area contributed by atoms with Crippen molar-refractivity contribution < 1.29 is 5.11 Å². The zero-order valence-electron chi connectivity index (χ0n) is 14.3. The van der Waals surface area contributed by atoms with Gasteiger partial charge in [0.1, 0.15) is 0 Å². The fourth-order valence-corrected chi connectivity index (χ4v) is 6.16. The number of fused-ring (bicyclic) bond motifs is 3. The van der Waals surface area contributed by atoms with Crippen molar-refractivity contribution in [3.05, 3.63) is 23.8 Å². The van der Waals surface area contributed by atoms with Gasteiger partial charge in [0.2, 0.25) is 0 Å². The summed E-state index contributed by atoms with van der Waals surface area (Å²) in [5, 5.41) is 10.4. The fraction of sp³-hybridized carbons (Fsp3) is 0.800. The minimum Gasteiger partial charge on any atom is -0.389 e. The van der Waals surface area contributed by atoms with E-state index in [1.165, 1.54) is 36.8 Å². The molecule has 1 N–H and O–H groups in total. The Labute approximate surface area is 130 Å². The maximum Gasteiger partial charge on any atom is 0.0752 e. The van der Waals surface area contributed by atoms with Crippen LogP contribution in [0.2, 0.25) is 0 Å². The molecule has 0 saturated heterocycles. The highest BCUT2D eigenvalue weighted by Crippen LogP contribution is 2.66. The maximum atomic E-state index is 10.4. The van der Waals surface area contributed by atoms with Crippen molar-refractivity contribution in [2.45, 2.75) is 72.3 Å². The zero-order chi connectivity index (χ0) is 15.4. The summed E-state index contributed by atoms with van der Waals surface area (Å²) in [7, 11) is 0. The zero-order valence-corrected chi connectivity index (χ0v) is 14.3. The Morgan fingerprint density at radius 3 is 2.67 bits per heavy atom. The van der Waals surface area contributed by atoms with Gasteiger partial charge in [-0.3, -0.25) is 0 Å². The Bertz CT molecular complexity index is 476. The minimum absolute atomic E-state index is 0.224. The molecule has 21 heavy (non-hydrogen) atoms. The molecule has 1 nitrogen and oxygen atoms in total. The van der Waals surface area contributed by atoms with Crippen molar-refractivity contribution in [1.82, 2.24) is 0 Å². The van der Waals surface area contributed by atoms with Gasteiger partial charge in [0.05, 0.1) is 6.10 Å². The average Bonchev–Trinajstić information content (AvgIpc) is 2.68. The van der Waals surface area contributed by atoms with Crippen LogP contribution in [0, 0.1) is 28.6 Å². The number of hydrogen-bond acceptors (Lipinski definition) is 1. The van der Waals surface area contributed by atoms with Crippen molar-refractivity contribution in [3.8, 4) is 0 Å². The summed E-state index contributed by atoms with van der Waals surface area (Å²) in [6.07, 6.45) is 9.51. The predicted molar refractivity (Wildman–Crippen MR) is 89.0 cm³/mol. The van der Waals surface area contributed by atoms with Gasteiger partial charge in [-0.2, -0.15) is 0 Å². The molecule has 0 bridgehead atoms. The number of hydrogen-bond donors (Lipinski definition) is 1. The van der Waals surface area contributed by atoms with Crippen LogP contribution in [-0.2, 0) is 0 Å². The highest BCUT2D eigenvalue weighted by Gasteiger charge is 2.58. The quantitative estimate of drug-likeness (QED) is 0.665. The second kappa shape index (κ2) is 4.98. The molecule has 3 aliphatic carbocycles. The topological polar surface area (TPSA) is 20.2 Å². The summed E-state index contributed by atoms with van der Waals surface area (Å²) >= 11 is 0. The lowest BCUT2D eigenvalue weighted by atomic mass is 9.50.